The quantitative estimate of drug-likeness (QED) is 0.907. The van der Waals surface area contributed by atoms with E-state index in [1.54, 1.807) is 0 Å². The lowest BCUT2D eigenvalue weighted by molar-refractivity contribution is 0.0372. The van der Waals surface area contributed by atoms with Crippen molar-refractivity contribution < 1.29 is 4.79 Å². The van der Waals surface area contributed by atoms with Crippen LogP contribution in [0.2, 0.25) is 0 Å². The summed E-state index contributed by atoms with van der Waals surface area (Å²) < 4.78 is 0. The Morgan fingerprint density at radius 1 is 1.24 bits per heavy atom. The van der Waals surface area contributed by atoms with Gasteiger partial charge in [0.25, 0.3) is 5.91 Å². The summed E-state index contributed by atoms with van der Waals surface area (Å²) in [6.45, 7) is 6.02. The van der Waals surface area contributed by atoms with E-state index in [0.717, 1.165) is 36.4 Å². The van der Waals surface area contributed by atoms with Crippen LogP contribution in [-0.4, -0.2) is 55.0 Å². The Hall–Kier alpha value is -1.55. The SMILES string of the molecule is CNc1ccc(C(=O)N2CCN3CCCCC3C2)c(C)c1. The number of anilines is 1. The molecule has 0 aromatic heterocycles. The highest BCUT2D eigenvalue weighted by molar-refractivity contribution is 5.96. The maximum absolute atomic E-state index is 12.8. The molecule has 2 heterocycles. The molecule has 2 aliphatic heterocycles. The maximum Gasteiger partial charge on any atom is 0.254 e. The zero-order valence-corrected chi connectivity index (χ0v) is 13.1. The van der Waals surface area contributed by atoms with Gasteiger partial charge in [0.1, 0.15) is 0 Å². The molecule has 1 aromatic rings. The third-order valence-corrected chi connectivity index (χ3v) is 4.87. The first-order chi connectivity index (χ1) is 10.2. The second kappa shape index (κ2) is 6.06. The van der Waals surface area contributed by atoms with Gasteiger partial charge in [-0.1, -0.05) is 6.42 Å². The fraction of sp³-hybridized carbons (Fsp3) is 0.588. The van der Waals surface area contributed by atoms with Crippen molar-refractivity contribution >= 4 is 11.6 Å². The summed E-state index contributed by atoms with van der Waals surface area (Å²) in [5, 5.41) is 3.12. The van der Waals surface area contributed by atoms with Crippen LogP contribution in [0.1, 0.15) is 35.2 Å². The molecule has 0 saturated carbocycles. The summed E-state index contributed by atoms with van der Waals surface area (Å²) in [7, 11) is 1.90. The Morgan fingerprint density at radius 3 is 2.86 bits per heavy atom. The molecule has 4 heteroatoms. The van der Waals surface area contributed by atoms with Gasteiger partial charge in [-0.05, 0) is 50.1 Å². The smallest absolute Gasteiger partial charge is 0.254 e. The predicted octanol–water partition coefficient (Wildman–Crippen LogP) is 2.35. The van der Waals surface area contributed by atoms with Crippen LogP contribution in [0.15, 0.2) is 18.2 Å². The standard InChI is InChI=1S/C17H25N3O/c1-13-11-14(18-2)6-7-16(13)17(21)20-10-9-19-8-4-3-5-15(19)12-20/h6-7,11,15,18H,3-5,8-10,12H2,1-2H3. The number of hydrogen-bond donors (Lipinski definition) is 1. The number of hydrogen-bond acceptors (Lipinski definition) is 3. The Bertz CT molecular complexity index is 529. The molecule has 114 valence electrons. The van der Waals surface area contributed by atoms with Crippen LogP contribution < -0.4 is 5.32 Å². The zero-order chi connectivity index (χ0) is 14.8. The normalized spacial score (nSPS) is 22.8. The summed E-state index contributed by atoms with van der Waals surface area (Å²) in [6.07, 6.45) is 3.86. The number of nitrogens with zero attached hydrogens (tertiary/aromatic N) is 2. The van der Waals surface area contributed by atoms with Gasteiger partial charge in [0, 0.05) is 44.0 Å². The summed E-state index contributed by atoms with van der Waals surface area (Å²) in [4.78, 5) is 17.4. The number of fused-ring (bicyclic) bond motifs is 1. The molecule has 1 unspecified atom stereocenters. The Morgan fingerprint density at radius 2 is 2.10 bits per heavy atom. The number of carbonyl (C=O) groups excluding carboxylic acids is 1. The minimum atomic E-state index is 0.195. The van der Waals surface area contributed by atoms with E-state index in [4.69, 9.17) is 0 Å². The second-order valence-corrected chi connectivity index (χ2v) is 6.22. The third kappa shape index (κ3) is 2.91. The number of benzene rings is 1. The van der Waals surface area contributed by atoms with E-state index in [9.17, 15) is 4.79 Å². The van der Waals surface area contributed by atoms with Crippen molar-refractivity contribution in [2.75, 3.05) is 38.5 Å². The van der Waals surface area contributed by atoms with Gasteiger partial charge in [0.2, 0.25) is 0 Å². The molecule has 0 spiro atoms. The number of aryl methyl sites for hydroxylation is 1. The molecule has 4 nitrogen and oxygen atoms in total. The van der Waals surface area contributed by atoms with E-state index in [0.29, 0.717) is 6.04 Å². The van der Waals surface area contributed by atoms with Crippen molar-refractivity contribution in [3.8, 4) is 0 Å². The van der Waals surface area contributed by atoms with Gasteiger partial charge >= 0.3 is 0 Å². The van der Waals surface area contributed by atoms with E-state index in [1.165, 1.54) is 25.8 Å². The molecule has 1 N–H and O–H groups in total. The highest BCUT2D eigenvalue weighted by Crippen LogP contribution is 2.23. The van der Waals surface area contributed by atoms with Crippen molar-refractivity contribution in [2.45, 2.75) is 32.2 Å². The number of nitrogens with one attached hydrogen (secondary N) is 1. The summed E-state index contributed by atoms with van der Waals surface area (Å²) >= 11 is 0. The second-order valence-electron chi connectivity index (χ2n) is 6.22. The highest BCUT2D eigenvalue weighted by Gasteiger charge is 2.31. The lowest BCUT2D eigenvalue weighted by Gasteiger charge is -2.44. The largest absolute Gasteiger partial charge is 0.388 e. The zero-order valence-electron chi connectivity index (χ0n) is 13.1. The third-order valence-electron chi connectivity index (χ3n) is 4.87. The highest BCUT2D eigenvalue weighted by atomic mass is 16.2. The Balaban J connectivity index is 1.73. The first-order valence-electron chi connectivity index (χ1n) is 8.01. The number of amides is 1. The van der Waals surface area contributed by atoms with Crippen molar-refractivity contribution in [3.63, 3.8) is 0 Å². The number of piperidine rings is 1. The Labute approximate surface area is 127 Å². The van der Waals surface area contributed by atoms with Gasteiger partial charge in [-0.15, -0.1) is 0 Å². The summed E-state index contributed by atoms with van der Waals surface area (Å²) in [5.74, 6) is 0.195. The molecular formula is C17H25N3O. The number of carbonyl (C=O) groups is 1. The molecule has 21 heavy (non-hydrogen) atoms. The van der Waals surface area contributed by atoms with Gasteiger partial charge < -0.3 is 10.2 Å². The number of piperazine rings is 1. The molecule has 2 fully saturated rings. The van der Waals surface area contributed by atoms with Crippen LogP contribution in [-0.2, 0) is 0 Å². The Kier molecular flexibility index (Phi) is 4.15. The molecule has 3 rings (SSSR count). The van der Waals surface area contributed by atoms with Crippen molar-refractivity contribution in [1.82, 2.24) is 9.80 Å². The minimum absolute atomic E-state index is 0.195. The fourth-order valence-electron chi connectivity index (χ4n) is 3.57. The number of rotatable bonds is 2. The fourth-order valence-corrected chi connectivity index (χ4v) is 3.57. The topological polar surface area (TPSA) is 35.6 Å². The lowest BCUT2D eigenvalue weighted by Crippen LogP contribution is -2.56. The molecule has 1 aromatic carbocycles. The van der Waals surface area contributed by atoms with Crippen molar-refractivity contribution in [3.05, 3.63) is 29.3 Å². The van der Waals surface area contributed by atoms with Gasteiger partial charge in [-0.25, -0.2) is 0 Å². The first-order valence-corrected chi connectivity index (χ1v) is 8.01. The van der Waals surface area contributed by atoms with E-state index in [1.807, 2.05) is 37.1 Å². The average molecular weight is 287 g/mol. The molecular weight excluding hydrogens is 262 g/mol. The van der Waals surface area contributed by atoms with Crippen LogP contribution in [0, 0.1) is 6.92 Å². The van der Waals surface area contributed by atoms with Crippen LogP contribution in [0.4, 0.5) is 5.69 Å². The maximum atomic E-state index is 12.8. The van der Waals surface area contributed by atoms with Gasteiger partial charge in [-0.2, -0.15) is 0 Å². The van der Waals surface area contributed by atoms with Crippen LogP contribution >= 0.6 is 0 Å². The van der Waals surface area contributed by atoms with Crippen LogP contribution in [0.25, 0.3) is 0 Å². The molecule has 1 atom stereocenters. The van der Waals surface area contributed by atoms with Gasteiger partial charge in [0.05, 0.1) is 0 Å². The molecule has 0 aliphatic carbocycles. The monoisotopic (exact) mass is 287 g/mol. The van der Waals surface area contributed by atoms with Crippen LogP contribution in [0.5, 0.6) is 0 Å². The summed E-state index contributed by atoms with van der Waals surface area (Å²) in [5.41, 5.74) is 2.96. The van der Waals surface area contributed by atoms with E-state index < -0.39 is 0 Å². The molecule has 1 amide bonds. The van der Waals surface area contributed by atoms with E-state index in [-0.39, 0.29) is 5.91 Å². The molecule has 0 radical (unpaired) electrons. The predicted molar refractivity (Wildman–Crippen MR) is 85.8 cm³/mol. The molecule has 0 bridgehead atoms. The summed E-state index contributed by atoms with van der Waals surface area (Å²) in [6, 6.07) is 6.56. The van der Waals surface area contributed by atoms with Crippen molar-refractivity contribution in [1.29, 1.82) is 0 Å². The van der Waals surface area contributed by atoms with E-state index >= 15 is 0 Å². The first kappa shape index (κ1) is 14.4. The van der Waals surface area contributed by atoms with Gasteiger partial charge in [-0.3, -0.25) is 9.69 Å². The average Bonchev–Trinajstić information content (AvgIpc) is 2.53. The molecule has 2 aliphatic rings. The van der Waals surface area contributed by atoms with Gasteiger partial charge in [0.15, 0.2) is 0 Å². The molecule has 2 saturated heterocycles. The van der Waals surface area contributed by atoms with Crippen LogP contribution in [0.3, 0.4) is 0 Å². The lowest BCUT2D eigenvalue weighted by atomic mass is 9.98. The van der Waals surface area contributed by atoms with E-state index in [2.05, 4.69) is 10.2 Å². The minimum Gasteiger partial charge on any atom is -0.388 e. The van der Waals surface area contributed by atoms with Crippen molar-refractivity contribution in [2.24, 2.45) is 0 Å².